The Labute approximate surface area is 117 Å². The number of anilines is 1. The first kappa shape index (κ1) is 15.9. The van der Waals surface area contributed by atoms with Gasteiger partial charge >= 0.3 is 12.0 Å². The number of carbonyl (C=O) groups is 2. The summed E-state index contributed by atoms with van der Waals surface area (Å²) in [5.41, 5.74) is -0.139. The summed E-state index contributed by atoms with van der Waals surface area (Å²) >= 11 is 0. The smallest absolute Gasteiger partial charge is 0.325 e. The number of hydrogen-bond donors (Lipinski definition) is 1. The zero-order valence-corrected chi connectivity index (χ0v) is 12.1. The Balaban J connectivity index is 2.99. The Morgan fingerprint density at radius 2 is 1.70 bits per heavy atom. The zero-order chi connectivity index (χ0) is 15.5. The van der Waals surface area contributed by atoms with Gasteiger partial charge in [0.1, 0.15) is 12.4 Å². The molecule has 110 valence electrons. The molecule has 1 aromatic rings. The highest BCUT2D eigenvalue weighted by atomic mass is 19.1. The molecule has 2 amide bonds. The zero-order valence-electron chi connectivity index (χ0n) is 12.1. The van der Waals surface area contributed by atoms with Gasteiger partial charge in [-0.05, 0) is 45.0 Å². The Hall–Kier alpha value is -2.11. The van der Waals surface area contributed by atoms with Crippen molar-refractivity contribution in [2.45, 2.75) is 26.3 Å². The molecule has 1 rings (SSSR count). The van der Waals surface area contributed by atoms with Crippen molar-refractivity contribution < 1.29 is 19.1 Å². The molecule has 0 bridgehead atoms. The molecule has 20 heavy (non-hydrogen) atoms. The third kappa shape index (κ3) is 3.94. The molecule has 0 saturated carbocycles. The largest absolute Gasteiger partial charge is 0.480 e. The maximum atomic E-state index is 12.9. The molecule has 0 saturated heterocycles. The molecule has 1 aromatic carbocycles. The first-order valence-electron chi connectivity index (χ1n) is 6.15. The Bertz CT molecular complexity index is 494. The van der Waals surface area contributed by atoms with Crippen LogP contribution in [0, 0.1) is 5.82 Å². The number of carboxylic acid groups (broad SMARTS) is 1. The molecule has 0 unspecified atom stereocenters. The van der Waals surface area contributed by atoms with E-state index >= 15 is 0 Å². The van der Waals surface area contributed by atoms with Crippen LogP contribution in [0.3, 0.4) is 0 Å². The van der Waals surface area contributed by atoms with E-state index in [1.165, 1.54) is 41.1 Å². The van der Waals surface area contributed by atoms with Crippen molar-refractivity contribution in [1.82, 2.24) is 4.90 Å². The van der Waals surface area contributed by atoms with Gasteiger partial charge in [0.2, 0.25) is 0 Å². The van der Waals surface area contributed by atoms with Crippen LogP contribution in [0.15, 0.2) is 24.3 Å². The SMILES string of the molecule is CN(C(=O)N(CC(=O)O)C(C)(C)C)c1ccc(F)cc1. The van der Waals surface area contributed by atoms with Crippen LogP contribution in [0.4, 0.5) is 14.9 Å². The number of carbonyl (C=O) groups excluding carboxylic acids is 1. The molecule has 0 radical (unpaired) electrons. The molecule has 0 fully saturated rings. The summed E-state index contributed by atoms with van der Waals surface area (Å²) in [5.74, 6) is -1.48. The van der Waals surface area contributed by atoms with Gasteiger partial charge in [0.15, 0.2) is 0 Å². The van der Waals surface area contributed by atoms with E-state index in [-0.39, 0.29) is 0 Å². The summed E-state index contributed by atoms with van der Waals surface area (Å²) in [6, 6.07) is 4.98. The standard InChI is InChI=1S/C14H19FN2O3/c1-14(2,3)17(9-12(18)19)13(20)16(4)11-7-5-10(15)6-8-11/h5-8H,9H2,1-4H3,(H,18,19). The van der Waals surface area contributed by atoms with Crippen molar-refractivity contribution in [1.29, 1.82) is 0 Å². The molecule has 0 aliphatic carbocycles. The topological polar surface area (TPSA) is 60.9 Å². The van der Waals surface area contributed by atoms with Crippen LogP contribution >= 0.6 is 0 Å². The van der Waals surface area contributed by atoms with Crippen LogP contribution in [0.5, 0.6) is 0 Å². The molecular formula is C14H19FN2O3. The first-order chi connectivity index (χ1) is 9.12. The van der Waals surface area contributed by atoms with Gasteiger partial charge in [0.25, 0.3) is 0 Å². The first-order valence-corrected chi connectivity index (χ1v) is 6.15. The lowest BCUT2D eigenvalue weighted by atomic mass is 10.1. The number of rotatable bonds is 3. The molecule has 0 spiro atoms. The van der Waals surface area contributed by atoms with E-state index in [0.29, 0.717) is 5.69 Å². The predicted octanol–water partition coefficient (Wildman–Crippen LogP) is 2.57. The van der Waals surface area contributed by atoms with Crippen molar-refractivity contribution in [2.24, 2.45) is 0 Å². The average Bonchev–Trinajstić information content (AvgIpc) is 2.33. The van der Waals surface area contributed by atoms with Crippen molar-refractivity contribution in [3.8, 4) is 0 Å². The van der Waals surface area contributed by atoms with Crippen molar-refractivity contribution in [3.05, 3.63) is 30.1 Å². The summed E-state index contributed by atoms with van der Waals surface area (Å²) < 4.78 is 12.9. The van der Waals surface area contributed by atoms with E-state index in [4.69, 9.17) is 5.11 Å². The Kier molecular flexibility index (Phi) is 4.70. The number of halogens is 1. The van der Waals surface area contributed by atoms with Gasteiger partial charge in [-0.2, -0.15) is 0 Å². The minimum Gasteiger partial charge on any atom is -0.480 e. The quantitative estimate of drug-likeness (QED) is 0.926. The molecule has 0 atom stereocenters. The fourth-order valence-corrected chi connectivity index (χ4v) is 1.68. The molecule has 5 nitrogen and oxygen atoms in total. The summed E-state index contributed by atoms with van der Waals surface area (Å²) in [5, 5.41) is 8.92. The molecule has 6 heteroatoms. The Morgan fingerprint density at radius 3 is 2.10 bits per heavy atom. The van der Waals surface area contributed by atoms with E-state index < -0.39 is 29.9 Å². The van der Waals surface area contributed by atoms with Crippen LogP contribution in [-0.4, -0.2) is 41.1 Å². The van der Waals surface area contributed by atoms with Gasteiger partial charge in [-0.1, -0.05) is 0 Å². The number of hydrogen-bond acceptors (Lipinski definition) is 2. The molecular weight excluding hydrogens is 263 g/mol. The summed E-state index contributed by atoms with van der Waals surface area (Å²) in [6.45, 7) is 4.87. The predicted molar refractivity (Wildman–Crippen MR) is 74.3 cm³/mol. The fourth-order valence-electron chi connectivity index (χ4n) is 1.68. The maximum Gasteiger partial charge on any atom is 0.325 e. The number of carboxylic acids is 1. The third-order valence-corrected chi connectivity index (χ3v) is 2.83. The Morgan fingerprint density at radius 1 is 1.20 bits per heavy atom. The number of aliphatic carboxylic acids is 1. The van der Waals surface area contributed by atoms with Crippen molar-refractivity contribution >= 4 is 17.7 Å². The molecule has 1 N–H and O–H groups in total. The molecule has 0 aromatic heterocycles. The molecule has 0 aliphatic heterocycles. The van der Waals surface area contributed by atoms with E-state index in [0.717, 1.165) is 0 Å². The lowest BCUT2D eigenvalue weighted by Crippen LogP contribution is -2.53. The average molecular weight is 282 g/mol. The van der Waals surface area contributed by atoms with Gasteiger partial charge in [0, 0.05) is 18.3 Å². The van der Waals surface area contributed by atoms with E-state index in [1.807, 2.05) is 0 Å². The number of amides is 2. The third-order valence-electron chi connectivity index (χ3n) is 2.83. The highest BCUT2D eigenvalue weighted by Crippen LogP contribution is 2.20. The van der Waals surface area contributed by atoms with Crippen molar-refractivity contribution in [2.75, 3.05) is 18.5 Å². The van der Waals surface area contributed by atoms with Crippen LogP contribution in [-0.2, 0) is 4.79 Å². The summed E-state index contributed by atoms with van der Waals surface area (Å²) in [4.78, 5) is 25.9. The second-order valence-corrected chi connectivity index (χ2v) is 5.47. The molecule has 0 heterocycles. The fraction of sp³-hybridized carbons (Fsp3) is 0.429. The monoisotopic (exact) mass is 282 g/mol. The van der Waals surface area contributed by atoms with Crippen molar-refractivity contribution in [3.63, 3.8) is 0 Å². The second-order valence-electron chi connectivity index (χ2n) is 5.47. The highest BCUT2D eigenvalue weighted by molar-refractivity contribution is 5.93. The van der Waals surface area contributed by atoms with Gasteiger partial charge in [-0.15, -0.1) is 0 Å². The minimum atomic E-state index is -1.08. The van der Waals surface area contributed by atoms with Crippen LogP contribution in [0.25, 0.3) is 0 Å². The minimum absolute atomic E-state index is 0.395. The maximum absolute atomic E-state index is 12.9. The lowest BCUT2D eigenvalue weighted by molar-refractivity contribution is -0.138. The van der Waals surface area contributed by atoms with Crippen LogP contribution < -0.4 is 4.90 Å². The van der Waals surface area contributed by atoms with E-state index in [2.05, 4.69) is 0 Å². The van der Waals surface area contributed by atoms with Crippen LogP contribution in [0.1, 0.15) is 20.8 Å². The second kappa shape index (κ2) is 5.90. The van der Waals surface area contributed by atoms with Gasteiger partial charge in [-0.3, -0.25) is 9.69 Å². The number of urea groups is 1. The summed E-state index contributed by atoms with van der Waals surface area (Å²) in [7, 11) is 1.52. The number of nitrogens with zero attached hydrogens (tertiary/aromatic N) is 2. The lowest BCUT2D eigenvalue weighted by Gasteiger charge is -2.37. The van der Waals surface area contributed by atoms with Crippen LogP contribution in [0.2, 0.25) is 0 Å². The summed E-state index contributed by atoms with van der Waals surface area (Å²) in [6.07, 6.45) is 0. The van der Waals surface area contributed by atoms with E-state index in [1.54, 1.807) is 20.8 Å². The normalized spacial score (nSPS) is 11.1. The molecule has 0 aliphatic rings. The van der Waals surface area contributed by atoms with Gasteiger partial charge < -0.3 is 10.0 Å². The number of benzene rings is 1. The van der Waals surface area contributed by atoms with Gasteiger partial charge in [0.05, 0.1) is 0 Å². The van der Waals surface area contributed by atoms with Gasteiger partial charge in [-0.25, -0.2) is 9.18 Å². The van der Waals surface area contributed by atoms with E-state index in [9.17, 15) is 14.0 Å². The highest BCUT2D eigenvalue weighted by Gasteiger charge is 2.31.